The number of imidazole rings is 1. The summed E-state index contributed by atoms with van der Waals surface area (Å²) in [5.41, 5.74) is 3.32. The molecule has 2 aromatic carbocycles. The Morgan fingerprint density at radius 3 is 2.56 bits per heavy atom. The van der Waals surface area contributed by atoms with Crippen LogP contribution in [0.4, 0.5) is 11.6 Å². The van der Waals surface area contributed by atoms with Crippen molar-refractivity contribution in [1.82, 2.24) is 18.7 Å². The number of aryl methyl sites for hydroxylation is 2. The Hall–Kier alpha value is -3.13. The van der Waals surface area contributed by atoms with E-state index in [1.54, 1.807) is 7.05 Å². The molecule has 4 aromatic rings. The van der Waals surface area contributed by atoms with Crippen LogP contribution in [0.5, 0.6) is 0 Å². The molecule has 0 spiro atoms. The first-order valence-electron chi connectivity index (χ1n) is 10.6. The van der Waals surface area contributed by atoms with Crippen molar-refractivity contribution in [3.63, 3.8) is 0 Å². The number of aromatic nitrogens is 4. The molecule has 0 amide bonds. The topological polar surface area (TPSA) is 65.1 Å². The van der Waals surface area contributed by atoms with Gasteiger partial charge in [0.2, 0.25) is 5.95 Å². The predicted molar refractivity (Wildman–Crippen MR) is 130 cm³/mol. The van der Waals surface area contributed by atoms with Crippen LogP contribution in [-0.4, -0.2) is 25.2 Å². The second-order valence-electron chi connectivity index (χ2n) is 8.61. The summed E-state index contributed by atoms with van der Waals surface area (Å²) in [7, 11) is 1.68. The van der Waals surface area contributed by atoms with Crippen LogP contribution in [0.2, 0.25) is 0 Å². The highest BCUT2D eigenvalue weighted by atomic mass is 79.9. The fraction of sp³-hybridized carbons (Fsp3) is 0.292. The summed E-state index contributed by atoms with van der Waals surface area (Å²) in [6.45, 7) is 5.92. The second kappa shape index (κ2) is 7.78. The van der Waals surface area contributed by atoms with Gasteiger partial charge in [0.15, 0.2) is 11.2 Å². The van der Waals surface area contributed by atoms with Gasteiger partial charge in [-0.2, -0.15) is 4.98 Å². The van der Waals surface area contributed by atoms with E-state index < -0.39 is 0 Å². The first-order valence-corrected chi connectivity index (χ1v) is 11.4. The number of anilines is 2. The van der Waals surface area contributed by atoms with Crippen molar-refractivity contribution >= 4 is 38.7 Å². The predicted octanol–water partition coefficient (Wildman–Crippen LogP) is 3.80. The van der Waals surface area contributed by atoms with E-state index in [1.165, 1.54) is 9.13 Å². The van der Waals surface area contributed by atoms with Gasteiger partial charge in [-0.3, -0.25) is 13.9 Å². The lowest BCUT2D eigenvalue weighted by Crippen LogP contribution is -2.40. The van der Waals surface area contributed by atoms with E-state index in [4.69, 9.17) is 4.98 Å². The van der Waals surface area contributed by atoms with E-state index in [0.29, 0.717) is 29.6 Å². The molecule has 1 atom stereocenters. The number of hydrogen-bond acceptors (Lipinski definition) is 4. The first-order chi connectivity index (χ1) is 15.3. The van der Waals surface area contributed by atoms with Crippen molar-refractivity contribution in [2.45, 2.75) is 26.9 Å². The Bertz CT molecular complexity index is 1450. The molecule has 0 saturated heterocycles. The van der Waals surface area contributed by atoms with Crippen LogP contribution in [0.25, 0.3) is 11.2 Å². The molecule has 3 heterocycles. The SMILES string of the molecule is Cc1cccc(N2CC(C)Cn3c2nc2c3c(=O)n(Cc3ccc(Br)cc3)c(=O)n2C)c1. The molecule has 0 radical (unpaired) electrons. The fourth-order valence-electron chi connectivity index (χ4n) is 4.43. The Morgan fingerprint density at radius 1 is 1.09 bits per heavy atom. The third-order valence-corrected chi connectivity index (χ3v) is 6.54. The number of halogens is 1. The standard InChI is InChI=1S/C24H24BrN5O2/c1-15-5-4-6-19(11-15)28-12-16(2)13-29-20-21(26-23(28)29)27(3)24(32)30(22(20)31)14-17-7-9-18(25)10-8-17/h4-11,16H,12-14H2,1-3H3. The average Bonchev–Trinajstić information content (AvgIpc) is 3.15. The van der Waals surface area contributed by atoms with Crippen LogP contribution in [0.15, 0.2) is 62.6 Å². The maximum atomic E-state index is 13.6. The maximum absolute atomic E-state index is 13.6. The number of benzene rings is 2. The minimum Gasteiger partial charge on any atom is -0.312 e. The molecule has 0 fully saturated rings. The van der Waals surface area contributed by atoms with Crippen LogP contribution in [-0.2, 0) is 20.1 Å². The average molecular weight is 494 g/mol. The summed E-state index contributed by atoms with van der Waals surface area (Å²) in [5, 5.41) is 0. The van der Waals surface area contributed by atoms with Crippen molar-refractivity contribution in [3.8, 4) is 0 Å². The van der Waals surface area contributed by atoms with Crippen LogP contribution < -0.4 is 16.1 Å². The fourth-order valence-corrected chi connectivity index (χ4v) is 4.69. The smallest absolute Gasteiger partial charge is 0.312 e. The lowest BCUT2D eigenvalue weighted by molar-refractivity contribution is 0.458. The quantitative estimate of drug-likeness (QED) is 0.435. The van der Waals surface area contributed by atoms with Crippen molar-refractivity contribution in [3.05, 3.63) is 85.0 Å². The highest BCUT2D eigenvalue weighted by Crippen LogP contribution is 2.33. The van der Waals surface area contributed by atoms with Crippen LogP contribution in [0, 0.1) is 12.8 Å². The van der Waals surface area contributed by atoms with E-state index in [0.717, 1.165) is 27.8 Å². The van der Waals surface area contributed by atoms with Gasteiger partial charge < -0.3 is 9.47 Å². The van der Waals surface area contributed by atoms with E-state index in [2.05, 4.69) is 52.9 Å². The zero-order chi connectivity index (χ0) is 22.6. The molecule has 1 unspecified atom stereocenters. The molecule has 5 rings (SSSR count). The van der Waals surface area contributed by atoms with Crippen molar-refractivity contribution < 1.29 is 0 Å². The normalized spacial score (nSPS) is 15.9. The molecule has 0 aliphatic carbocycles. The number of rotatable bonds is 3. The van der Waals surface area contributed by atoms with E-state index in [9.17, 15) is 9.59 Å². The van der Waals surface area contributed by atoms with Gasteiger partial charge in [-0.25, -0.2) is 4.79 Å². The largest absolute Gasteiger partial charge is 0.332 e. The summed E-state index contributed by atoms with van der Waals surface area (Å²) >= 11 is 3.42. The number of nitrogens with zero attached hydrogens (tertiary/aromatic N) is 5. The van der Waals surface area contributed by atoms with E-state index in [1.807, 2.05) is 34.9 Å². The molecule has 0 saturated carbocycles. The molecule has 8 heteroatoms. The molecule has 1 aliphatic heterocycles. The molecule has 32 heavy (non-hydrogen) atoms. The third-order valence-electron chi connectivity index (χ3n) is 6.01. The Morgan fingerprint density at radius 2 is 1.84 bits per heavy atom. The maximum Gasteiger partial charge on any atom is 0.332 e. The summed E-state index contributed by atoms with van der Waals surface area (Å²) in [4.78, 5) is 33.6. The molecule has 1 aliphatic rings. The summed E-state index contributed by atoms with van der Waals surface area (Å²) in [5.74, 6) is 1.02. The van der Waals surface area contributed by atoms with Crippen LogP contribution in [0.3, 0.4) is 0 Å². The van der Waals surface area contributed by atoms with Gasteiger partial charge in [0.1, 0.15) is 0 Å². The highest BCUT2D eigenvalue weighted by molar-refractivity contribution is 9.10. The minimum absolute atomic E-state index is 0.215. The van der Waals surface area contributed by atoms with Gasteiger partial charge in [0.05, 0.1) is 6.54 Å². The number of fused-ring (bicyclic) bond motifs is 3. The van der Waals surface area contributed by atoms with Crippen molar-refractivity contribution in [2.24, 2.45) is 13.0 Å². The monoisotopic (exact) mass is 493 g/mol. The van der Waals surface area contributed by atoms with Gasteiger partial charge in [0.25, 0.3) is 5.56 Å². The second-order valence-corrected chi connectivity index (χ2v) is 9.52. The lowest BCUT2D eigenvalue weighted by atomic mass is 10.1. The van der Waals surface area contributed by atoms with E-state index >= 15 is 0 Å². The van der Waals surface area contributed by atoms with Crippen LogP contribution in [0.1, 0.15) is 18.1 Å². The van der Waals surface area contributed by atoms with Gasteiger partial charge >= 0.3 is 5.69 Å². The summed E-state index contributed by atoms with van der Waals surface area (Å²) < 4.78 is 5.72. The highest BCUT2D eigenvalue weighted by Gasteiger charge is 2.29. The molecular formula is C24H24BrN5O2. The third kappa shape index (κ3) is 3.39. The van der Waals surface area contributed by atoms with Gasteiger partial charge in [-0.05, 0) is 48.2 Å². The molecule has 2 aromatic heterocycles. The number of hydrogen-bond donors (Lipinski definition) is 0. The Labute approximate surface area is 193 Å². The zero-order valence-corrected chi connectivity index (χ0v) is 19.8. The van der Waals surface area contributed by atoms with E-state index in [-0.39, 0.29) is 17.8 Å². The minimum atomic E-state index is -0.365. The summed E-state index contributed by atoms with van der Waals surface area (Å²) in [6, 6.07) is 15.9. The zero-order valence-electron chi connectivity index (χ0n) is 18.2. The molecule has 0 N–H and O–H groups in total. The first kappa shape index (κ1) is 20.8. The molecule has 164 valence electrons. The van der Waals surface area contributed by atoms with Crippen molar-refractivity contribution in [1.29, 1.82) is 0 Å². The van der Waals surface area contributed by atoms with Gasteiger partial charge in [-0.15, -0.1) is 0 Å². The molecule has 0 bridgehead atoms. The Balaban J connectivity index is 1.72. The van der Waals surface area contributed by atoms with Crippen molar-refractivity contribution in [2.75, 3.05) is 11.4 Å². The van der Waals surface area contributed by atoms with Gasteiger partial charge in [0, 0.05) is 30.3 Å². The Kier molecular flexibility index (Phi) is 5.04. The lowest BCUT2D eigenvalue weighted by Gasteiger charge is -2.33. The van der Waals surface area contributed by atoms with Gasteiger partial charge in [-0.1, -0.05) is 47.1 Å². The summed E-state index contributed by atoms with van der Waals surface area (Å²) in [6.07, 6.45) is 0. The van der Waals surface area contributed by atoms with Crippen LogP contribution >= 0.6 is 15.9 Å². The molecular weight excluding hydrogens is 470 g/mol. The molecule has 7 nitrogen and oxygen atoms in total.